The molecule has 0 radical (unpaired) electrons. The molecule has 1 saturated heterocycles. The normalized spacial score (nSPS) is 16.6. The van der Waals surface area contributed by atoms with E-state index in [9.17, 15) is 4.79 Å². The van der Waals surface area contributed by atoms with E-state index in [1.165, 1.54) is 7.11 Å². The van der Waals surface area contributed by atoms with Gasteiger partial charge >= 0.3 is 5.97 Å². The van der Waals surface area contributed by atoms with Crippen LogP contribution in [-0.2, 0) is 16.8 Å². The molecule has 0 bridgehead atoms. The summed E-state index contributed by atoms with van der Waals surface area (Å²) in [4.78, 5) is 12.9. The number of methoxy groups -OCH3 is 1. The Morgan fingerprint density at radius 1 is 1.21 bits per heavy atom. The van der Waals surface area contributed by atoms with E-state index in [1.54, 1.807) is 18.2 Å². The van der Waals surface area contributed by atoms with Crippen molar-refractivity contribution in [3.05, 3.63) is 51.3 Å². The molecule has 0 aliphatic carbocycles. The van der Waals surface area contributed by atoms with Crippen molar-refractivity contribution in [2.24, 2.45) is 0 Å². The van der Waals surface area contributed by atoms with Crippen LogP contribution in [0.1, 0.15) is 30.4 Å². The monoisotopic (exact) mass is 519 g/mol. The van der Waals surface area contributed by atoms with Crippen LogP contribution < -0.4 is 14.2 Å². The first-order valence-corrected chi connectivity index (χ1v) is 11.1. The molecule has 10 heteroatoms. The van der Waals surface area contributed by atoms with Crippen LogP contribution in [0.15, 0.2) is 24.3 Å². The average Bonchev–Trinajstić information content (AvgIpc) is 3.13. The predicted molar refractivity (Wildman–Crippen MR) is 126 cm³/mol. The van der Waals surface area contributed by atoms with E-state index < -0.39 is 11.8 Å². The molecule has 0 atom stereocenters. The number of carboxylic acids is 1. The lowest BCUT2D eigenvalue weighted by Crippen LogP contribution is -2.44. The first-order chi connectivity index (χ1) is 15.3. The summed E-state index contributed by atoms with van der Waals surface area (Å²) in [5, 5.41) is 9.62. The summed E-state index contributed by atoms with van der Waals surface area (Å²) in [7, 11) is 1.50. The van der Waals surface area contributed by atoms with Gasteiger partial charge in [-0.25, -0.2) is 0 Å². The molecule has 180 valence electrons. The van der Waals surface area contributed by atoms with Crippen LogP contribution in [0.3, 0.4) is 0 Å². The molecule has 1 N–H and O–H groups in total. The number of benzene rings is 2. The summed E-state index contributed by atoms with van der Waals surface area (Å²) in [6.45, 7) is 2.42. The zero-order chi connectivity index (χ0) is 22.9. The van der Waals surface area contributed by atoms with Gasteiger partial charge in [0.05, 0.1) is 25.2 Å². The van der Waals surface area contributed by atoms with Crippen LogP contribution in [0.4, 0.5) is 4.39 Å². The molecule has 2 aromatic carbocycles. The van der Waals surface area contributed by atoms with Crippen molar-refractivity contribution in [3.63, 3.8) is 0 Å². The lowest BCUT2D eigenvalue weighted by molar-refractivity contribution is -0.137. The summed E-state index contributed by atoms with van der Waals surface area (Å²) in [5.41, 5.74) is 1.10. The van der Waals surface area contributed by atoms with Gasteiger partial charge in [-0.3, -0.25) is 4.79 Å². The molecular weight excluding hydrogens is 496 g/mol. The van der Waals surface area contributed by atoms with Crippen LogP contribution >= 0.6 is 35.6 Å². The Morgan fingerprint density at radius 2 is 1.91 bits per heavy atom. The molecule has 2 aliphatic rings. The molecule has 2 aromatic rings. The highest BCUT2D eigenvalue weighted by molar-refractivity contribution is 6.36. The van der Waals surface area contributed by atoms with Crippen molar-refractivity contribution in [3.8, 4) is 17.2 Å². The average molecular weight is 521 g/mol. The number of aliphatic carboxylic acids is 1. The highest BCUT2D eigenvalue weighted by atomic mass is 35.5. The second kappa shape index (κ2) is 10.6. The number of ether oxygens (including phenoxy) is 3. The number of carbonyl (C=O) groups is 1. The number of rotatable bonds is 7. The molecule has 0 aromatic heterocycles. The third kappa shape index (κ3) is 5.11. The Balaban J connectivity index is 0.00000306. The van der Waals surface area contributed by atoms with Gasteiger partial charge in [-0.15, -0.1) is 12.4 Å². The number of hydrogen-bond acceptors (Lipinski definition) is 5. The Morgan fingerprint density at radius 3 is 2.58 bits per heavy atom. The number of hydrogen-bond donors (Lipinski definition) is 1. The molecular formula is C23H25Cl3FNO5. The van der Waals surface area contributed by atoms with E-state index in [1.807, 2.05) is 6.07 Å². The van der Waals surface area contributed by atoms with E-state index in [0.717, 1.165) is 31.5 Å². The minimum Gasteiger partial charge on any atom is -0.495 e. The zero-order valence-corrected chi connectivity index (χ0v) is 20.4. The molecule has 0 amide bonds. The SMILES string of the molecule is COc1ccc(Cl)c(COc2ccc3c(c2F)OCC32CCN(CCC(=O)O)CC2)c1Cl.Cl. The van der Waals surface area contributed by atoms with Gasteiger partial charge in [0.2, 0.25) is 5.82 Å². The van der Waals surface area contributed by atoms with Crippen LogP contribution in [0.5, 0.6) is 17.2 Å². The first-order valence-electron chi connectivity index (χ1n) is 10.4. The number of fused-ring (bicyclic) bond motifs is 2. The Kier molecular flexibility index (Phi) is 8.22. The minimum atomic E-state index is -0.800. The molecule has 1 spiro atoms. The van der Waals surface area contributed by atoms with Crippen molar-refractivity contribution in [2.75, 3.05) is 33.4 Å². The van der Waals surface area contributed by atoms with Gasteiger partial charge in [-0.2, -0.15) is 4.39 Å². The van der Waals surface area contributed by atoms with Gasteiger partial charge in [0.15, 0.2) is 11.5 Å². The third-order valence-corrected chi connectivity index (χ3v) is 7.09. The molecule has 33 heavy (non-hydrogen) atoms. The number of likely N-dealkylation sites (tertiary alicyclic amines) is 1. The third-order valence-electron chi connectivity index (χ3n) is 6.32. The fourth-order valence-electron chi connectivity index (χ4n) is 4.38. The molecule has 2 heterocycles. The highest BCUT2D eigenvalue weighted by Crippen LogP contribution is 2.48. The van der Waals surface area contributed by atoms with Gasteiger partial charge in [0.1, 0.15) is 12.4 Å². The second-order valence-corrected chi connectivity index (χ2v) is 8.92. The molecule has 4 rings (SSSR count). The summed E-state index contributed by atoms with van der Waals surface area (Å²) in [6.07, 6.45) is 1.69. The maximum Gasteiger partial charge on any atom is 0.304 e. The maximum atomic E-state index is 15.2. The standard InChI is InChI=1S/C23H24Cl2FNO5.ClH/c1-30-17-5-3-16(24)14(20(17)25)12-31-18-4-2-15-22(21(18)26)32-13-23(15)7-10-27(11-8-23)9-6-19(28)29;/h2-5H,6-13H2,1H3,(H,28,29);1H. The lowest BCUT2D eigenvalue weighted by Gasteiger charge is -2.38. The topological polar surface area (TPSA) is 68.2 Å². The van der Waals surface area contributed by atoms with Crippen LogP contribution in [0.2, 0.25) is 10.0 Å². The predicted octanol–water partition coefficient (Wildman–Crippen LogP) is 5.34. The van der Waals surface area contributed by atoms with Gasteiger partial charge in [0, 0.05) is 28.1 Å². The van der Waals surface area contributed by atoms with Gasteiger partial charge in [-0.05, 0) is 44.1 Å². The quantitative estimate of drug-likeness (QED) is 0.531. The summed E-state index contributed by atoms with van der Waals surface area (Å²) in [6, 6.07) is 6.79. The second-order valence-electron chi connectivity index (χ2n) is 8.14. The van der Waals surface area contributed by atoms with E-state index >= 15 is 4.39 Å². The fourth-order valence-corrected chi connectivity index (χ4v) is 4.94. The Labute approximate surface area is 207 Å². The van der Waals surface area contributed by atoms with Crippen molar-refractivity contribution >= 4 is 41.6 Å². The number of piperidine rings is 1. The summed E-state index contributed by atoms with van der Waals surface area (Å²) >= 11 is 12.6. The summed E-state index contributed by atoms with van der Waals surface area (Å²) in [5.74, 6) is -0.586. The number of carboxylic acid groups (broad SMARTS) is 1. The highest BCUT2D eigenvalue weighted by Gasteiger charge is 2.44. The van der Waals surface area contributed by atoms with Gasteiger partial charge in [-0.1, -0.05) is 29.3 Å². The van der Waals surface area contributed by atoms with Crippen molar-refractivity contribution in [1.82, 2.24) is 4.90 Å². The van der Waals surface area contributed by atoms with Crippen molar-refractivity contribution in [2.45, 2.75) is 31.3 Å². The molecule has 2 aliphatic heterocycles. The van der Waals surface area contributed by atoms with E-state index in [2.05, 4.69) is 4.90 Å². The Bertz CT molecular complexity index is 1030. The molecule has 1 fully saturated rings. The van der Waals surface area contributed by atoms with E-state index in [0.29, 0.717) is 34.5 Å². The van der Waals surface area contributed by atoms with Gasteiger partial charge < -0.3 is 24.2 Å². The van der Waals surface area contributed by atoms with Crippen molar-refractivity contribution in [1.29, 1.82) is 0 Å². The smallest absolute Gasteiger partial charge is 0.304 e. The molecule has 6 nitrogen and oxygen atoms in total. The van der Waals surface area contributed by atoms with Crippen molar-refractivity contribution < 1.29 is 28.5 Å². The van der Waals surface area contributed by atoms with Crippen LogP contribution in [-0.4, -0.2) is 49.3 Å². The maximum absolute atomic E-state index is 15.2. The van der Waals surface area contributed by atoms with Crippen LogP contribution in [0.25, 0.3) is 0 Å². The summed E-state index contributed by atoms with van der Waals surface area (Å²) < 4.78 is 31.9. The molecule has 0 unspecified atom stereocenters. The fraction of sp³-hybridized carbons (Fsp3) is 0.435. The van der Waals surface area contributed by atoms with E-state index in [-0.39, 0.29) is 42.3 Å². The number of nitrogens with zero attached hydrogens (tertiary/aromatic N) is 1. The number of halogens is 4. The largest absolute Gasteiger partial charge is 0.495 e. The lowest BCUT2D eigenvalue weighted by atomic mass is 9.74. The van der Waals surface area contributed by atoms with Crippen LogP contribution in [0, 0.1) is 5.82 Å². The van der Waals surface area contributed by atoms with Gasteiger partial charge in [0.25, 0.3) is 0 Å². The van der Waals surface area contributed by atoms with E-state index in [4.69, 9.17) is 42.5 Å². The molecule has 0 saturated carbocycles. The minimum absolute atomic E-state index is 0. The first kappa shape index (κ1) is 25.7. The Hall–Kier alpha value is -1.93. The zero-order valence-electron chi connectivity index (χ0n) is 18.0.